The third kappa shape index (κ3) is 4.33. The second kappa shape index (κ2) is 7.11. The molecular weight excluding hydrogens is 315 g/mol. The van der Waals surface area contributed by atoms with E-state index in [0.29, 0.717) is 35.2 Å². The molecule has 1 amide bonds. The monoisotopic (exact) mass is 330 g/mol. The molecule has 1 aromatic carbocycles. The Morgan fingerprint density at radius 1 is 1.43 bits per heavy atom. The van der Waals surface area contributed by atoms with Crippen LogP contribution in [0.2, 0.25) is 10.0 Å². The Labute approximate surface area is 133 Å². The van der Waals surface area contributed by atoms with Gasteiger partial charge in [0, 0.05) is 11.6 Å². The molecule has 1 unspecified atom stereocenters. The lowest BCUT2D eigenvalue weighted by Gasteiger charge is -2.15. The molecule has 1 aliphatic rings. The van der Waals surface area contributed by atoms with E-state index in [4.69, 9.17) is 27.9 Å². The zero-order valence-electron chi connectivity index (χ0n) is 11.6. The van der Waals surface area contributed by atoms with Gasteiger partial charge in [0.25, 0.3) is 0 Å². The van der Waals surface area contributed by atoms with Crippen molar-refractivity contribution in [3.05, 3.63) is 28.2 Å². The van der Waals surface area contributed by atoms with E-state index in [1.165, 1.54) is 7.11 Å². The first-order valence-electron chi connectivity index (χ1n) is 6.54. The lowest BCUT2D eigenvalue weighted by Crippen LogP contribution is -2.32. The van der Waals surface area contributed by atoms with E-state index in [1.807, 2.05) is 4.90 Å². The number of benzene rings is 1. The molecule has 0 aromatic heterocycles. The van der Waals surface area contributed by atoms with Crippen LogP contribution in [0, 0.1) is 5.92 Å². The number of carbonyl (C=O) groups is 2. The minimum Gasteiger partial charge on any atom is -0.469 e. The Morgan fingerprint density at radius 2 is 2.19 bits per heavy atom. The first kappa shape index (κ1) is 16.1. The summed E-state index contributed by atoms with van der Waals surface area (Å²) >= 11 is 11.9. The fourth-order valence-electron chi connectivity index (χ4n) is 2.32. The predicted molar refractivity (Wildman–Crippen MR) is 81.7 cm³/mol. The van der Waals surface area contributed by atoms with Crippen molar-refractivity contribution < 1.29 is 14.3 Å². The molecule has 1 saturated heterocycles. The van der Waals surface area contributed by atoms with E-state index in [2.05, 4.69) is 5.32 Å². The summed E-state index contributed by atoms with van der Waals surface area (Å²) in [6, 6.07) is 4.88. The minimum atomic E-state index is -0.226. The molecule has 0 bridgehead atoms. The van der Waals surface area contributed by atoms with Crippen LogP contribution in [0.1, 0.15) is 6.42 Å². The van der Waals surface area contributed by atoms with Crippen molar-refractivity contribution in [1.82, 2.24) is 4.90 Å². The van der Waals surface area contributed by atoms with Crippen LogP contribution in [0.3, 0.4) is 0 Å². The number of nitrogens with one attached hydrogen (secondary N) is 1. The van der Waals surface area contributed by atoms with E-state index in [-0.39, 0.29) is 24.3 Å². The maximum atomic E-state index is 12.0. The third-order valence-corrected chi connectivity index (χ3v) is 3.94. The smallest absolute Gasteiger partial charge is 0.310 e. The van der Waals surface area contributed by atoms with E-state index in [9.17, 15) is 9.59 Å². The maximum absolute atomic E-state index is 12.0. The number of methoxy groups -OCH3 is 1. The van der Waals surface area contributed by atoms with E-state index in [1.54, 1.807) is 18.2 Å². The number of esters is 1. The Morgan fingerprint density at radius 3 is 2.90 bits per heavy atom. The number of amides is 1. The molecule has 1 N–H and O–H groups in total. The molecule has 1 heterocycles. The van der Waals surface area contributed by atoms with Gasteiger partial charge in [-0.15, -0.1) is 0 Å². The van der Waals surface area contributed by atoms with Crippen molar-refractivity contribution in [2.75, 3.05) is 32.1 Å². The maximum Gasteiger partial charge on any atom is 0.310 e. The van der Waals surface area contributed by atoms with Crippen LogP contribution >= 0.6 is 23.2 Å². The lowest BCUT2D eigenvalue weighted by atomic mass is 10.1. The number of hydrogen-bond acceptors (Lipinski definition) is 4. The summed E-state index contributed by atoms with van der Waals surface area (Å²) in [7, 11) is 1.37. The highest BCUT2D eigenvalue weighted by Gasteiger charge is 2.29. The summed E-state index contributed by atoms with van der Waals surface area (Å²) in [5.74, 6) is -0.571. The number of hydrogen-bond donors (Lipinski definition) is 1. The van der Waals surface area contributed by atoms with Gasteiger partial charge in [0.1, 0.15) is 0 Å². The zero-order chi connectivity index (χ0) is 15.4. The molecule has 1 aliphatic heterocycles. The Balaban J connectivity index is 1.88. The van der Waals surface area contributed by atoms with Crippen molar-refractivity contribution in [2.45, 2.75) is 6.42 Å². The van der Waals surface area contributed by atoms with Crippen molar-refractivity contribution in [3.63, 3.8) is 0 Å². The average molecular weight is 331 g/mol. The number of ether oxygens (including phenoxy) is 1. The SMILES string of the molecule is COC(=O)C1CCN(CC(=O)Nc2cc(Cl)ccc2Cl)C1. The number of carbonyl (C=O) groups excluding carboxylic acids is 2. The first-order valence-corrected chi connectivity index (χ1v) is 7.30. The average Bonchev–Trinajstić information content (AvgIpc) is 2.90. The number of anilines is 1. The van der Waals surface area contributed by atoms with Gasteiger partial charge < -0.3 is 10.1 Å². The Bertz CT molecular complexity index is 551. The van der Waals surface area contributed by atoms with Crippen LogP contribution in [-0.2, 0) is 14.3 Å². The van der Waals surface area contributed by atoms with Crippen LogP contribution in [0.4, 0.5) is 5.69 Å². The summed E-state index contributed by atoms with van der Waals surface area (Å²) in [5, 5.41) is 3.66. The lowest BCUT2D eigenvalue weighted by molar-refractivity contribution is -0.145. The van der Waals surface area contributed by atoms with Crippen molar-refractivity contribution in [1.29, 1.82) is 0 Å². The van der Waals surface area contributed by atoms with Gasteiger partial charge in [0.05, 0.1) is 30.3 Å². The summed E-state index contributed by atoms with van der Waals surface area (Å²) < 4.78 is 4.71. The molecule has 0 radical (unpaired) electrons. The minimum absolute atomic E-state index is 0.155. The van der Waals surface area contributed by atoms with Crippen molar-refractivity contribution in [3.8, 4) is 0 Å². The van der Waals surface area contributed by atoms with E-state index in [0.717, 1.165) is 0 Å². The Kier molecular flexibility index (Phi) is 5.45. The summed E-state index contributed by atoms with van der Waals surface area (Å²) in [5.41, 5.74) is 0.484. The highest BCUT2D eigenvalue weighted by molar-refractivity contribution is 6.35. The summed E-state index contributed by atoms with van der Waals surface area (Å²) in [6.07, 6.45) is 0.706. The second-order valence-electron chi connectivity index (χ2n) is 4.92. The topological polar surface area (TPSA) is 58.6 Å². The first-order chi connectivity index (χ1) is 9.99. The van der Waals surface area contributed by atoms with Crippen LogP contribution in [-0.4, -0.2) is 43.5 Å². The second-order valence-corrected chi connectivity index (χ2v) is 5.76. The van der Waals surface area contributed by atoms with Gasteiger partial charge in [-0.05, 0) is 31.2 Å². The fraction of sp³-hybridized carbons (Fsp3) is 0.429. The molecular formula is C14H16Cl2N2O3. The molecule has 5 nitrogen and oxygen atoms in total. The molecule has 21 heavy (non-hydrogen) atoms. The zero-order valence-corrected chi connectivity index (χ0v) is 13.1. The van der Waals surface area contributed by atoms with E-state index < -0.39 is 0 Å². The highest BCUT2D eigenvalue weighted by Crippen LogP contribution is 2.25. The van der Waals surface area contributed by atoms with Crippen molar-refractivity contribution in [2.24, 2.45) is 5.92 Å². The largest absolute Gasteiger partial charge is 0.469 e. The molecule has 0 spiro atoms. The van der Waals surface area contributed by atoms with Gasteiger partial charge in [-0.1, -0.05) is 23.2 Å². The summed E-state index contributed by atoms with van der Waals surface area (Å²) in [6.45, 7) is 1.43. The number of nitrogens with zero attached hydrogens (tertiary/aromatic N) is 1. The Hall–Kier alpha value is -1.30. The van der Waals surface area contributed by atoms with Gasteiger partial charge in [0.2, 0.25) is 5.91 Å². The van der Waals surface area contributed by atoms with Crippen LogP contribution in [0.15, 0.2) is 18.2 Å². The normalized spacial score (nSPS) is 18.5. The van der Waals surface area contributed by atoms with Crippen LogP contribution < -0.4 is 5.32 Å². The predicted octanol–water partition coefficient (Wildman–Crippen LogP) is 2.43. The molecule has 1 atom stereocenters. The number of likely N-dealkylation sites (tertiary alicyclic amines) is 1. The van der Waals surface area contributed by atoms with Gasteiger partial charge in [0.15, 0.2) is 0 Å². The highest BCUT2D eigenvalue weighted by atomic mass is 35.5. The van der Waals surface area contributed by atoms with Crippen LogP contribution in [0.5, 0.6) is 0 Å². The number of halogens is 2. The summed E-state index contributed by atoms with van der Waals surface area (Å²) in [4.78, 5) is 25.4. The molecule has 7 heteroatoms. The third-order valence-electron chi connectivity index (χ3n) is 3.38. The van der Waals surface area contributed by atoms with Gasteiger partial charge >= 0.3 is 5.97 Å². The van der Waals surface area contributed by atoms with Gasteiger partial charge in [-0.25, -0.2) is 0 Å². The standard InChI is InChI=1S/C14H16Cl2N2O3/c1-21-14(20)9-4-5-18(7-9)8-13(19)17-12-6-10(15)2-3-11(12)16/h2-3,6,9H,4-5,7-8H2,1H3,(H,17,19). The number of rotatable bonds is 4. The molecule has 1 fully saturated rings. The molecule has 114 valence electrons. The van der Waals surface area contributed by atoms with Gasteiger partial charge in [-0.2, -0.15) is 0 Å². The quantitative estimate of drug-likeness (QED) is 0.861. The molecule has 0 saturated carbocycles. The molecule has 1 aromatic rings. The molecule has 0 aliphatic carbocycles. The molecule has 2 rings (SSSR count). The fourth-order valence-corrected chi connectivity index (χ4v) is 2.66. The van der Waals surface area contributed by atoms with Gasteiger partial charge in [-0.3, -0.25) is 14.5 Å². The van der Waals surface area contributed by atoms with Crippen LogP contribution in [0.25, 0.3) is 0 Å². The van der Waals surface area contributed by atoms with Crippen molar-refractivity contribution >= 4 is 40.8 Å². The van der Waals surface area contributed by atoms with E-state index >= 15 is 0 Å².